The fourth-order valence-electron chi connectivity index (χ4n) is 4.80. The van der Waals surface area contributed by atoms with Crippen LogP contribution in [0.1, 0.15) is 16.1 Å². The van der Waals surface area contributed by atoms with Crippen molar-refractivity contribution in [3.05, 3.63) is 54.0 Å². The van der Waals surface area contributed by atoms with Gasteiger partial charge in [0.2, 0.25) is 5.91 Å². The Labute approximate surface area is 169 Å². The molecule has 7 heteroatoms. The van der Waals surface area contributed by atoms with Crippen molar-refractivity contribution in [3.63, 3.8) is 0 Å². The first-order chi connectivity index (χ1) is 14.2. The summed E-state index contributed by atoms with van der Waals surface area (Å²) in [6.07, 6.45) is 2.22. The largest absolute Gasteiger partial charge is 0.459 e. The molecule has 3 aliphatic heterocycles. The second kappa shape index (κ2) is 7.55. The summed E-state index contributed by atoms with van der Waals surface area (Å²) in [6.45, 7) is 4.30. The second-order valence-electron chi connectivity index (χ2n) is 7.87. The molecule has 0 saturated carbocycles. The van der Waals surface area contributed by atoms with Crippen molar-refractivity contribution >= 4 is 17.5 Å². The average molecular weight is 395 g/mol. The van der Waals surface area contributed by atoms with Gasteiger partial charge in [-0.3, -0.25) is 9.59 Å². The minimum Gasteiger partial charge on any atom is -0.459 e. The molecule has 7 nitrogen and oxygen atoms in total. The highest BCUT2D eigenvalue weighted by Crippen LogP contribution is 2.37. The summed E-state index contributed by atoms with van der Waals surface area (Å²) in [5.74, 6) is 0.247. The maximum Gasteiger partial charge on any atom is 0.289 e. The highest BCUT2D eigenvalue weighted by molar-refractivity contribution is 5.92. The molecule has 2 amide bonds. The standard InChI is InChI=1S/C22H25N3O4/c26-21(23-9-12-28-13-10-23)17-14-16-4-1-2-5-18(16)25-8-7-24(15-19(17)25)22(27)20-6-3-11-29-20/h1-6,11,17,19H,7-10,12-15H2. The van der Waals surface area contributed by atoms with E-state index >= 15 is 0 Å². The lowest BCUT2D eigenvalue weighted by Crippen LogP contribution is -2.62. The molecule has 0 N–H and O–H groups in total. The highest BCUT2D eigenvalue weighted by Gasteiger charge is 2.44. The molecule has 2 fully saturated rings. The summed E-state index contributed by atoms with van der Waals surface area (Å²) >= 11 is 0. The van der Waals surface area contributed by atoms with Crippen LogP contribution in [0.5, 0.6) is 0 Å². The van der Waals surface area contributed by atoms with E-state index < -0.39 is 0 Å². The number of nitrogens with zero attached hydrogens (tertiary/aromatic N) is 3. The van der Waals surface area contributed by atoms with E-state index in [-0.39, 0.29) is 23.8 Å². The van der Waals surface area contributed by atoms with E-state index in [0.29, 0.717) is 58.1 Å². The van der Waals surface area contributed by atoms with E-state index in [0.717, 1.165) is 0 Å². The molecule has 4 heterocycles. The van der Waals surface area contributed by atoms with Crippen LogP contribution in [-0.4, -0.2) is 73.6 Å². The average Bonchev–Trinajstić information content (AvgIpc) is 3.33. The zero-order chi connectivity index (χ0) is 19.8. The number of morpholine rings is 1. The van der Waals surface area contributed by atoms with Crippen molar-refractivity contribution in [2.75, 3.05) is 50.8 Å². The van der Waals surface area contributed by atoms with Gasteiger partial charge < -0.3 is 23.9 Å². The lowest BCUT2D eigenvalue weighted by Gasteiger charge is -2.49. The van der Waals surface area contributed by atoms with Gasteiger partial charge in [-0.15, -0.1) is 0 Å². The monoisotopic (exact) mass is 395 g/mol. The van der Waals surface area contributed by atoms with Gasteiger partial charge >= 0.3 is 0 Å². The molecule has 2 atom stereocenters. The number of furan rings is 1. The quantitative estimate of drug-likeness (QED) is 0.774. The summed E-state index contributed by atoms with van der Waals surface area (Å²) in [5.41, 5.74) is 2.40. The maximum absolute atomic E-state index is 13.4. The van der Waals surface area contributed by atoms with Crippen LogP contribution < -0.4 is 4.90 Å². The zero-order valence-electron chi connectivity index (χ0n) is 16.3. The molecular weight excluding hydrogens is 370 g/mol. The second-order valence-corrected chi connectivity index (χ2v) is 7.87. The van der Waals surface area contributed by atoms with Gasteiger partial charge in [-0.2, -0.15) is 0 Å². The summed E-state index contributed by atoms with van der Waals surface area (Å²) in [4.78, 5) is 32.4. The van der Waals surface area contributed by atoms with Crippen LogP contribution in [-0.2, 0) is 16.0 Å². The minimum absolute atomic E-state index is 0.0343. The molecular formula is C22H25N3O4. The third kappa shape index (κ3) is 3.29. The van der Waals surface area contributed by atoms with Gasteiger partial charge in [0.25, 0.3) is 5.91 Å². The predicted octanol–water partition coefficient (Wildman–Crippen LogP) is 1.64. The SMILES string of the molecule is O=C(c1ccco1)N1CCN2c3ccccc3CC(C(=O)N3CCOCC3)C2C1. The van der Waals surface area contributed by atoms with Gasteiger partial charge in [0, 0.05) is 38.4 Å². The number of carbonyl (C=O) groups is 2. The Morgan fingerprint density at radius 3 is 2.55 bits per heavy atom. The molecule has 0 radical (unpaired) electrons. The molecule has 29 heavy (non-hydrogen) atoms. The van der Waals surface area contributed by atoms with Crippen LogP contribution in [0.3, 0.4) is 0 Å². The molecule has 152 valence electrons. The van der Waals surface area contributed by atoms with E-state index in [1.807, 2.05) is 21.9 Å². The molecule has 2 aromatic rings. The molecule has 0 spiro atoms. The highest BCUT2D eigenvalue weighted by atomic mass is 16.5. The fourth-order valence-corrected chi connectivity index (χ4v) is 4.80. The van der Waals surface area contributed by atoms with Crippen LogP contribution in [0.2, 0.25) is 0 Å². The number of anilines is 1. The molecule has 3 aliphatic rings. The van der Waals surface area contributed by atoms with E-state index in [1.165, 1.54) is 17.5 Å². The van der Waals surface area contributed by atoms with Gasteiger partial charge in [-0.05, 0) is 30.2 Å². The smallest absolute Gasteiger partial charge is 0.289 e. The Kier molecular flexibility index (Phi) is 4.75. The number of rotatable bonds is 2. The van der Waals surface area contributed by atoms with Gasteiger partial charge in [0.15, 0.2) is 5.76 Å². The Morgan fingerprint density at radius 1 is 0.931 bits per heavy atom. The van der Waals surface area contributed by atoms with E-state index in [9.17, 15) is 9.59 Å². The van der Waals surface area contributed by atoms with Crippen molar-refractivity contribution in [2.24, 2.45) is 5.92 Å². The first-order valence-electron chi connectivity index (χ1n) is 10.3. The third-order valence-electron chi connectivity index (χ3n) is 6.28. The van der Waals surface area contributed by atoms with E-state index in [1.54, 1.807) is 12.1 Å². The lowest BCUT2D eigenvalue weighted by atomic mass is 9.83. The number of para-hydroxylation sites is 1. The van der Waals surface area contributed by atoms with E-state index in [4.69, 9.17) is 9.15 Å². The molecule has 1 aromatic carbocycles. The number of hydrogen-bond donors (Lipinski definition) is 0. The molecule has 1 aromatic heterocycles. The number of amides is 2. The Morgan fingerprint density at radius 2 is 1.76 bits per heavy atom. The van der Waals surface area contributed by atoms with Crippen LogP contribution >= 0.6 is 0 Å². The Bertz CT molecular complexity index is 891. The topological polar surface area (TPSA) is 66.2 Å². The minimum atomic E-state index is -0.171. The molecule has 5 rings (SSSR count). The lowest BCUT2D eigenvalue weighted by molar-refractivity contribution is -0.140. The van der Waals surface area contributed by atoms with Crippen LogP contribution in [0.15, 0.2) is 47.1 Å². The predicted molar refractivity (Wildman–Crippen MR) is 107 cm³/mol. The van der Waals surface area contributed by atoms with Gasteiger partial charge in [-0.1, -0.05) is 18.2 Å². The maximum atomic E-state index is 13.4. The summed E-state index contributed by atoms with van der Waals surface area (Å²) in [5, 5.41) is 0. The summed E-state index contributed by atoms with van der Waals surface area (Å²) in [7, 11) is 0. The summed E-state index contributed by atoms with van der Waals surface area (Å²) < 4.78 is 10.7. The van der Waals surface area contributed by atoms with Crippen molar-refractivity contribution < 1.29 is 18.7 Å². The Balaban J connectivity index is 1.44. The van der Waals surface area contributed by atoms with Crippen LogP contribution in [0.4, 0.5) is 5.69 Å². The van der Waals surface area contributed by atoms with Crippen molar-refractivity contribution in [1.82, 2.24) is 9.80 Å². The van der Waals surface area contributed by atoms with Crippen LogP contribution in [0.25, 0.3) is 0 Å². The molecule has 2 unspecified atom stereocenters. The number of benzene rings is 1. The first kappa shape index (κ1) is 18.2. The first-order valence-corrected chi connectivity index (χ1v) is 10.3. The number of piperazine rings is 1. The molecule has 2 saturated heterocycles. The van der Waals surface area contributed by atoms with Crippen molar-refractivity contribution in [1.29, 1.82) is 0 Å². The van der Waals surface area contributed by atoms with Gasteiger partial charge in [0.05, 0.1) is 31.4 Å². The van der Waals surface area contributed by atoms with E-state index in [2.05, 4.69) is 17.0 Å². The number of carbonyl (C=O) groups excluding carboxylic acids is 2. The molecule has 0 bridgehead atoms. The third-order valence-corrected chi connectivity index (χ3v) is 6.28. The van der Waals surface area contributed by atoms with Crippen molar-refractivity contribution in [2.45, 2.75) is 12.5 Å². The Hall–Kier alpha value is -2.80. The number of ether oxygens (including phenoxy) is 1. The number of fused-ring (bicyclic) bond motifs is 3. The van der Waals surface area contributed by atoms with Gasteiger partial charge in [-0.25, -0.2) is 0 Å². The van der Waals surface area contributed by atoms with Crippen LogP contribution in [0, 0.1) is 5.92 Å². The van der Waals surface area contributed by atoms with Gasteiger partial charge in [0.1, 0.15) is 0 Å². The van der Waals surface area contributed by atoms with Crippen molar-refractivity contribution in [3.8, 4) is 0 Å². The fraction of sp³-hybridized carbons (Fsp3) is 0.455. The number of hydrogen-bond acceptors (Lipinski definition) is 5. The molecule has 0 aliphatic carbocycles. The summed E-state index contributed by atoms with van der Waals surface area (Å²) in [6, 6.07) is 11.7. The normalized spacial score (nSPS) is 24.1. The zero-order valence-corrected chi connectivity index (χ0v) is 16.3.